The minimum absolute atomic E-state index is 0.00131. The van der Waals surface area contributed by atoms with E-state index in [1.807, 2.05) is 37.3 Å². The molecule has 0 spiro atoms. The van der Waals surface area contributed by atoms with Crippen LogP contribution < -0.4 is 5.32 Å². The molecule has 3 aromatic rings. The maximum absolute atomic E-state index is 13.1. The van der Waals surface area contributed by atoms with Gasteiger partial charge in [0.25, 0.3) is 0 Å². The van der Waals surface area contributed by atoms with Gasteiger partial charge in [0, 0.05) is 12.6 Å². The molecular weight excluding hydrogens is 390 g/mol. The molecule has 0 bridgehead atoms. The van der Waals surface area contributed by atoms with Crippen LogP contribution in [-0.4, -0.2) is 20.9 Å². The van der Waals surface area contributed by atoms with Crippen molar-refractivity contribution in [1.29, 1.82) is 0 Å². The minimum Gasteiger partial charge on any atom is -0.351 e. The second-order valence-electron chi connectivity index (χ2n) is 6.37. The molecular formula is C22H21NO3S2. The van der Waals surface area contributed by atoms with Gasteiger partial charge >= 0.3 is 0 Å². The van der Waals surface area contributed by atoms with Crippen molar-refractivity contribution in [2.24, 2.45) is 0 Å². The van der Waals surface area contributed by atoms with Gasteiger partial charge in [0.05, 0.1) is 0 Å². The standard InChI is InChI=1S/C22H21NO3S2/c1-17-9-11-18(12-10-17)13-14-21(24)23-16-20(19-6-3-2-4-7-19)28(25,26)22-8-5-15-27-22/h2-15,20H,16H2,1H3,(H,23,24)/b14-13+/t20-/m1/s1. The van der Waals surface area contributed by atoms with E-state index in [0.717, 1.165) is 11.1 Å². The van der Waals surface area contributed by atoms with E-state index in [2.05, 4.69) is 5.32 Å². The van der Waals surface area contributed by atoms with Crippen molar-refractivity contribution in [1.82, 2.24) is 5.32 Å². The van der Waals surface area contributed by atoms with Gasteiger partial charge in [-0.3, -0.25) is 4.79 Å². The zero-order valence-corrected chi connectivity index (χ0v) is 17.0. The quantitative estimate of drug-likeness (QED) is 0.586. The molecule has 1 amide bonds. The van der Waals surface area contributed by atoms with Gasteiger partial charge in [-0.1, -0.05) is 66.2 Å². The Morgan fingerprint density at radius 3 is 2.39 bits per heavy atom. The molecule has 28 heavy (non-hydrogen) atoms. The highest BCUT2D eigenvalue weighted by Gasteiger charge is 2.30. The van der Waals surface area contributed by atoms with E-state index in [0.29, 0.717) is 9.77 Å². The van der Waals surface area contributed by atoms with Crippen LogP contribution >= 0.6 is 11.3 Å². The lowest BCUT2D eigenvalue weighted by molar-refractivity contribution is -0.116. The largest absolute Gasteiger partial charge is 0.351 e. The Balaban J connectivity index is 1.75. The molecule has 0 aliphatic heterocycles. The zero-order valence-electron chi connectivity index (χ0n) is 15.4. The molecule has 6 heteroatoms. The van der Waals surface area contributed by atoms with Crippen molar-refractivity contribution in [3.63, 3.8) is 0 Å². The fraction of sp³-hybridized carbons (Fsp3) is 0.136. The molecule has 0 saturated carbocycles. The summed E-state index contributed by atoms with van der Waals surface area (Å²) in [6, 6.07) is 20.1. The van der Waals surface area contributed by atoms with E-state index in [-0.39, 0.29) is 12.5 Å². The van der Waals surface area contributed by atoms with Crippen molar-refractivity contribution < 1.29 is 13.2 Å². The van der Waals surface area contributed by atoms with Gasteiger partial charge in [-0.25, -0.2) is 8.42 Å². The Morgan fingerprint density at radius 2 is 1.75 bits per heavy atom. The Hall–Kier alpha value is -2.70. The molecule has 1 heterocycles. The summed E-state index contributed by atoms with van der Waals surface area (Å²) in [5.41, 5.74) is 2.70. The first-order valence-electron chi connectivity index (χ1n) is 8.82. The number of sulfone groups is 1. The van der Waals surface area contributed by atoms with Crippen LogP contribution in [0.5, 0.6) is 0 Å². The molecule has 3 rings (SSSR count). The third kappa shape index (κ3) is 4.97. The lowest BCUT2D eigenvalue weighted by Gasteiger charge is -2.17. The van der Waals surface area contributed by atoms with Crippen molar-refractivity contribution >= 4 is 33.2 Å². The lowest BCUT2D eigenvalue weighted by atomic mass is 10.1. The van der Waals surface area contributed by atoms with Crippen LogP contribution in [0.4, 0.5) is 0 Å². The number of carbonyl (C=O) groups excluding carboxylic acids is 1. The molecule has 4 nitrogen and oxygen atoms in total. The second kappa shape index (κ2) is 8.99. The SMILES string of the molecule is Cc1ccc(/C=C/C(=O)NC[C@H](c2ccccc2)S(=O)(=O)c2cccs2)cc1. The van der Waals surface area contributed by atoms with Crippen LogP contribution in [0, 0.1) is 6.92 Å². The van der Waals surface area contributed by atoms with E-state index in [9.17, 15) is 13.2 Å². The van der Waals surface area contributed by atoms with Crippen molar-refractivity contribution in [2.75, 3.05) is 6.54 Å². The van der Waals surface area contributed by atoms with Crippen molar-refractivity contribution in [3.05, 3.63) is 94.9 Å². The highest BCUT2D eigenvalue weighted by Crippen LogP contribution is 2.31. The number of carbonyl (C=O) groups is 1. The first kappa shape index (κ1) is 20.0. The maximum Gasteiger partial charge on any atom is 0.244 e. The molecule has 2 aromatic carbocycles. The molecule has 0 saturated heterocycles. The summed E-state index contributed by atoms with van der Waals surface area (Å²) in [5, 5.41) is 3.62. The number of hydrogen-bond acceptors (Lipinski definition) is 4. The van der Waals surface area contributed by atoms with Crippen molar-refractivity contribution in [2.45, 2.75) is 16.4 Å². The molecule has 1 N–H and O–H groups in total. The maximum atomic E-state index is 13.1. The fourth-order valence-electron chi connectivity index (χ4n) is 2.74. The molecule has 1 atom stereocenters. The summed E-state index contributed by atoms with van der Waals surface area (Å²) in [7, 11) is -3.60. The third-order valence-corrected chi connectivity index (χ3v) is 7.82. The van der Waals surface area contributed by atoms with Crippen LogP contribution in [0.15, 0.2) is 82.4 Å². The van der Waals surface area contributed by atoms with E-state index in [1.54, 1.807) is 47.9 Å². The first-order chi connectivity index (χ1) is 13.5. The molecule has 0 radical (unpaired) electrons. The third-order valence-electron chi connectivity index (χ3n) is 4.29. The van der Waals surface area contributed by atoms with E-state index in [4.69, 9.17) is 0 Å². The number of aryl methyl sites for hydroxylation is 1. The molecule has 0 aliphatic rings. The summed E-state index contributed by atoms with van der Waals surface area (Å²) < 4.78 is 26.4. The van der Waals surface area contributed by atoms with Gasteiger partial charge in [-0.05, 0) is 35.6 Å². The van der Waals surface area contributed by atoms with Gasteiger partial charge in [-0.2, -0.15) is 0 Å². The zero-order chi connectivity index (χ0) is 20.0. The number of rotatable bonds is 7. The summed E-state index contributed by atoms with van der Waals surface area (Å²) in [4.78, 5) is 12.2. The second-order valence-corrected chi connectivity index (χ2v) is 9.67. The van der Waals surface area contributed by atoms with Crippen LogP contribution in [0.3, 0.4) is 0 Å². The Kier molecular flexibility index (Phi) is 6.44. The summed E-state index contributed by atoms with van der Waals surface area (Å²) in [6.45, 7) is 2.00. The average molecular weight is 412 g/mol. The average Bonchev–Trinajstić information content (AvgIpc) is 3.24. The normalized spacial score (nSPS) is 12.8. The van der Waals surface area contributed by atoms with Crippen LogP contribution in [-0.2, 0) is 14.6 Å². The number of nitrogens with one attached hydrogen (secondary N) is 1. The molecule has 0 aliphatic carbocycles. The van der Waals surface area contributed by atoms with E-state index >= 15 is 0 Å². The molecule has 0 fully saturated rings. The molecule has 0 unspecified atom stereocenters. The smallest absolute Gasteiger partial charge is 0.244 e. The summed E-state index contributed by atoms with van der Waals surface area (Å²) in [5.74, 6) is -0.331. The highest BCUT2D eigenvalue weighted by molar-refractivity contribution is 7.93. The highest BCUT2D eigenvalue weighted by atomic mass is 32.2. The van der Waals surface area contributed by atoms with Gasteiger partial charge in [0.1, 0.15) is 9.46 Å². The summed E-state index contributed by atoms with van der Waals surface area (Å²) >= 11 is 1.18. The van der Waals surface area contributed by atoms with Crippen LogP contribution in [0.2, 0.25) is 0 Å². The van der Waals surface area contributed by atoms with Gasteiger partial charge in [-0.15, -0.1) is 11.3 Å². The van der Waals surface area contributed by atoms with Gasteiger partial charge in [0.15, 0.2) is 9.84 Å². The number of hydrogen-bond donors (Lipinski definition) is 1. The van der Waals surface area contributed by atoms with Gasteiger partial charge in [0.2, 0.25) is 5.91 Å². The fourth-order valence-corrected chi connectivity index (χ4v) is 5.61. The first-order valence-corrected chi connectivity index (χ1v) is 11.2. The summed E-state index contributed by atoms with van der Waals surface area (Å²) in [6.07, 6.45) is 3.13. The van der Waals surface area contributed by atoms with Crippen molar-refractivity contribution in [3.8, 4) is 0 Å². The van der Waals surface area contributed by atoms with Gasteiger partial charge < -0.3 is 5.32 Å². The topological polar surface area (TPSA) is 63.2 Å². The van der Waals surface area contributed by atoms with Crippen LogP contribution in [0.1, 0.15) is 21.9 Å². The Bertz CT molecular complexity index is 1040. The minimum atomic E-state index is -3.60. The number of benzene rings is 2. The Morgan fingerprint density at radius 1 is 1.04 bits per heavy atom. The Labute approximate surface area is 169 Å². The number of amides is 1. The van der Waals surface area contributed by atoms with E-state index in [1.165, 1.54) is 17.4 Å². The lowest BCUT2D eigenvalue weighted by Crippen LogP contribution is -2.30. The monoisotopic (exact) mass is 411 g/mol. The van der Waals surface area contributed by atoms with Crippen LogP contribution in [0.25, 0.3) is 6.08 Å². The number of thiophene rings is 1. The molecule has 1 aromatic heterocycles. The molecule has 144 valence electrons. The predicted molar refractivity (Wildman–Crippen MR) is 114 cm³/mol. The predicted octanol–water partition coefficient (Wildman–Crippen LogP) is 4.40. The van der Waals surface area contributed by atoms with E-state index < -0.39 is 15.1 Å².